The van der Waals surface area contributed by atoms with E-state index in [-0.39, 0.29) is 23.7 Å². The van der Waals surface area contributed by atoms with E-state index in [9.17, 15) is 18.5 Å². The maximum absolute atomic E-state index is 13.5. The molecule has 4 rings (SSSR count). The highest BCUT2D eigenvalue weighted by Gasteiger charge is 2.28. The summed E-state index contributed by atoms with van der Waals surface area (Å²) in [6.07, 6.45) is 1.48. The summed E-state index contributed by atoms with van der Waals surface area (Å²) in [5.41, 5.74) is 3.03. The van der Waals surface area contributed by atoms with Crippen molar-refractivity contribution in [2.24, 2.45) is 0 Å². The first-order chi connectivity index (χ1) is 15.8. The SMILES string of the molecule is Cc1ccc(S(=O)(=O)N(Cc2ccc(-c3ccccc3)cc2)Cc2ccco2)cc1[N+](=O)[O-]. The molecule has 0 amide bonds. The van der Waals surface area contributed by atoms with Gasteiger partial charge in [0.1, 0.15) is 5.76 Å². The Morgan fingerprint density at radius 1 is 0.879 bits per heavy atom. The Kier molecular flexibility index (Phi) is 6.39. The van der Waals surface area contributed by atoms with E-state index in [1.54, 1.807) is 19.1 Å². The number of aryl methyl sites for hydroxylation is 1. The Hall–Kier alpha value is -3.75. The molecule has 4 aromatic rings. The molecule has 0 saturated heterocycles. The second-order valence-electron chi connectivity index (χ2n) is 7.62. The van der Waals surface area contributed by atoms with E-state index in [1.807, 2.05) is 54.6 Å². The van der Waals surface area contributed by atoms with Crippen LogP contribution in [0.4, 0.5) is 5.69 Å². The summed E-state index contributed by atoms with van der Waals surface area (Å²) in [5.74, 6) is 0.473. The second kappa shape index (κ2) is 9.40. The second-order valence-corrected chi connectivity index (χ2v) is 9.56. The third kappa shape index (κ3) is 5.02. The van der Waals surface area contributed by atoms with E-state index >= 15 is 0 Å². The minimum absolute atomic E-state index is 0.00254. The number of hydrogen-bond acceptors (Lipinski definition) is 5. The van der Waals surface area contributed by atoms with Gasteiger partial charge in [-0.15, -0.1) is 0 Å². The molecule has 1 heterocycles. The molecule has 0 aliphatic rings. The number of hydrogen-bond donors (Lipinski definition) is 0. The quantitative estimate of drug-likeness (QED) is 0.253. The van der Waals surface area contributed by atoms with Crippen LogP contribution in [0.2, 0.25) is 0 Å². The van der Waals surface area contributed by atoms with Crippen molar-refractivity contribution in [3.8, 4) is 11.1 Å². The van der Waals surface area contributed by atoms with E-state index in [2.05, 4.69) is 0 Å². The normalized spacial score (nSPS) is 11.6. The zero-order chi connectivity index (χ0) is 23.4. The third-order valence-corrected chi connectivity index (χ3v) is 7.14. The molecule has 0 unspecified atom stereocenters. The molecule has 0 saturated carbocycles. The Morgan fingerprint density at radius 2 is 1.58 bits per heavy atom. The highest BCUT2D eigenvalue weighted by atomic mass is 32.2. The Labute approximate surface area is 192 Å². The molecule has 7 nitrogen and oxygen atoms in total. The van der Waals surface area contributed by atoms with Gasteiger partial charge in [-0.25, -0.2) is 8.42 Å². The summed E-state index contributed by atoms with van der Waals surface area (Å²) in [7, 11) is -4.04. The molecule has 8 heteroatoms. The molecule has 0 spiro atoms. The zero-order valence-electron chi connectivity index (χ0n) is 17.9. The number of nitrogens with zero attached hydrogens (tertiary/aromatic N) is 2. The van der Waals surface area contributed by atoms with E-state index in [1.165, 1.54) is 22.7 Å². The van der Waals surface area contributed by atoms with E-state index in [0.717, 1.165) is 22.8 Å². The predicted octanol–water partition coefficient (Wildman–Crippen LogP) is 5.55. The van der Waals surface area contributed by atoms with Crippen molar-refractivity contribution < 1.29 is 17.8 Å². The van der Waals surface area contributed by atoms with Gasteiger partial charge in [0.25, 0.3) is 5.69 Å². The van der Waals surface area contributed by atoms with Crippen LogP contribution in [-0.4, -0.2) is 17.6 Å². The van der Waals surface area contributed by atoms with Crippen LogP contribution >= 0.6 is 0 Å². The fraction of sp³-hybridized carbons (Fsp3) is 0.120. The molecule has 168 valence electrons. The van der Waals surface area contributed by atoms with Crippen LogP contribution in [0, 0.1) is 17.0 Å². The molecule has 0 radical (unpaired) electrons. The molecule has 1 aromatic heterocycles. The maximum atomic E-state index is 13.5. The van der Waals surface area contributed by atoms with Crippen molar-refractivity contribution in [3.05, 3.63) is 118 Å². The zero-order valence-corrected chi connectivity index (χ0v) is 18.7. The van der Waals surface area contributed by atoms with Crippen LogP contribution in [0.1, 0.15) is 16.9 Å². The topological polar surface area (TPSA) is 93.7 Å². The van der Waals surface area contributed by atoms with Gasteiger partial charge in [0, 0.05) is 18.2 Å². The van der Waals surface area contributed by atoms with Crippen molar-refractivity contribution in [2.45, 2.75) is 24.9 Å². The molecule has 0 aliphatic carbocycles. The van der Waals surface area contributed by atoms with Gasteiger partial charge in [-0.2, -0.15) is 4.31 Å². The lowest BCUT2D eigenvalue weighted by molar-refractivity contribution is -0.385. The van der Waals surface area contributed by atoms with Crippen molar-refractivity contribution >= 4 is 15.7 Å². The average Bonchev–Trinajstić information content (AvgIpc) is 3.33. The molecule has 0 fully saturated rings. The number of nitro groups is 1. The number of benzene rings is 3. The smallest absolute Gasteiger partial charge is 0.273 e. The summed E-state index contributed by atoms with van der Waals surface area (Å²) < 4.78 is 33.6. The summed E-state index contributed by atoms with van der Waals surface area (Å²) in [6.45, 7) is 1.65. The van der Waals surface area contributed by atoms with Crippen LogP contribution in [0.3, 0.4) is 0 Å². The average molecular weight is 463 g/mol. The fourth-order valence-electron chi connectivity index (χ4n) is 3.53. The molecular formula is C25H22N2O5S. The lowest BCUT2D eigenvalue weighted by Crippen LogP contribution is -2.30. The maximum Gasteiger partial charge on any atom is 0.273 e. The first-order valence-electron chi connectivity index (χ1n) is 10.3. The predicted molar refractivity (Wildman–Crippen MR) is 125 cm³/mol. The fourth-order valence-corrected chi connectivity index (χ4v) is 4.95. The molecule has 0 N–H and O–H groups in total. The van der Waals surface area contributed by atoms with Gasteiger partial charge >= 0.3 is 0 Å². The van der Waals surface area contributed by atoms with Gasteiger partial charge in [0.15, 0.2) is 0 Å². The van der Waals surface area contributed by atoms with Crippen LogP contribution in [0.5, 0.6) is 0 Å². The van der Waals surface area contributed by atoms with Gasteiger partial charge in [-0.3, -0.25) is 10.1 Å². The highest BCUT2D eigenvalue weighted by Crippen LogP contribution is 2.27. The van der Waals surface area contributed by atoms with E-state index < -0.39 is 14.9 Å². The van der Waals surface area contributed by atoms with Crippen molar-refractivity contribution in [1.29, 1.82) is 0 Å². The van der Waals surface area contributed by atoms with Crippen molar-refractivity contribution in [1.82, 2.24) is 4.31 Å². The van der Waals surface area contributed by atoms with Crippen LogP contribution in [-0.2, 0) is 23.1 Å². The lowest BCUT2D eigenvalue weighted by Gasteiger charge is -2.22. The van der Waals surface area contributed by atoms with Crippen molar-refractivity contribution in [2.75, 3.05) is 0 Å². The molecule has 0 atom stereocenters. The van der Waals surface area contributed by atoms with Gasteiger partial charge in [0.2, 0.25) is 10.0 Å². The summed E-state index contributed by atoms with van der Waals surface area (Å²) in [4.78, 5) is 10.6. The first-order valence-corrected chi connectivity index (χ1v) is 11.7. The van der Waals surface area contributed by atoms with Crippen LogP contribution in [0.15, 0.2) is 101 Å². The molecular weight excluding hydrogens is 440 g/mol. The monoisotopic (exact) mass is 462 g/mol. The molecule has 3 aromatic carbocycles. The molecule has 0 bridgehead atoms. The summed E-state index contributed by atoms with van der Waals surface area (Å²) in [5, 5.41) is 11.3. The Morgan fingerprint density at radius 3 is 2.21 bits per heavy atom. The van der Waals surface area contributed by atoms with Gasteiger partial charge in [-0.1, -0.05) is 60.7 Å². The lowest BCUT2D eigenvalue weighted by atomic mass is 10.0. The molecule has 33 heavy (non-hydrogen) atoms. The number of nitro benzene ring substituents is 1. The molecule has 0 aliphatic heterocycles. The number of furan rings is 1. The minimum atomic E-state index is -4.04. The van der Waals surface area contributed by atoms with Crippen LogP contribution in [0.25, 0.3) is 11.1 Å². The number of rotatable bonds is 8. The summed E-state index contributed by atoms with van der Waals surface area (Å²) in [6, 6.07) is 24.9. The van der Waals surface area contributed by atoms with E-state index in [4.69, 9.17) is 4.42 Å². The third-order valence-electron chi connectivity index (χ3n) is 5.35. The van der Waals surface area contributed by atoms with Gasteiger partial charge in [0.05, 0.1) is 22.6 Å². The van der Waals surface area contributed by atoms with Crippen LogP contribution < -0.4 is 0 Å². The largest absolute Gasteiger partial charge is 0.468 e. The minimum Gasteiger partial charge on any atom is -0.468 e. The van der Waals surface area contributed by atoms with Crippen molar-refractivity contribution in [3.63, 3.8) is 0 Å². The van der Waals surface area contributed by atoms with E-state index in [0.29, 0.717) is 11.3 Å². The first kappa shape index (κ1) is 22.4. The highest BCUT2D eigenvalue weighted by molar-refractivity contribution is 7.89. The van der Waals surface area contributed by atoms with Gasteiger partial charge in [-0.05, 0) is 41.8 Å². The Balaban J connectivity index is 1.67. The Bertz CT molecular complexity index is 1350. The summed E-state index contributed by atoms with van der Waals surface area (Å²) >= 11 is 0. The number of sulfonamides is 1. The standard InChI is InChI=1S/C25H22N2O5S/c1-19-9-14-24(16-25(19)27(28)29)33(30,31)26(18-23-8-5-15-32-23)17-20-10-12-22(13-11-20)21-6-3-2-4-7-21/h2-16H,17-18H2,1H3. The van der Waals surface area contributed by atoms with Gasteiger partial charge < -0.3 is 4.42 Å².